The predicted octanol–water partition coefficient (Wildman–Crippen LogP) is 3.48. The Labute approximate surface area is 149 Å². The maximum absolute atomic E-state index is 12.3. The largest absolute Gasteiger partial charge is 0.479 e. The number of carbonyl (C=O) groups is 2. The first-order chi connectivity index (χ1) is 11.2. The van der Waals surface area contributed by atoms with Gasteiger partial charge in [-0.3, -0.25) is 9.48 Å². The molecule has 6 nitrogen and oxygen atoms in total. The van der Waals surface area contributed by atoms with E-state index >= 15 is 0 Å². The van der Waals surface area contributed by atoms with Crippen molar-refractivity contribution in [3.63, 3.8) is 0 Å². The number of aromatic nitrogens is 2. The van der Waals surface area contributed by atoms with Gasteiger partial charge in [-0.15, -0.1) is 11.8 Å². The molecule has 2 N–H and O–H groups in total. The van der Waals surface area contributed by atoms with E-state index in [4.69, 9.17) is 11.6 Å². The third kappa shape index (κ3) is 4.30. The van der Waals surface area contributed by atoms with Gasteiger partial charge in [-0.05, 0) is 45.0 Å². The molecule has 0 aliphatic heterocycles. The topological polar surface area (TPSA) is 84.2 Å². The van der Waals surface area contributed by atoms with Crippen LogP contribution in [0.4, 0.5) is 5.69 Å². The molecule has 0 spiro atoms. The summed E-state index contributed by atoms with van der Waals surface area (Å²) in [7, 11) is 0. The van der Waals surface area contributed by atoms with Crippen molar-refractivity contribution in [3.05, 3.63) is 41.7 Å². The lowest BCUT2D eigenvalue weighted by Crippen LogP contribution is -2.36. The number of anilines is 1. The van der Waals surface area contributed by atoms with Crippen LogP contribution in [0.1, 0.15) is 20.8 Å². The molecule has 0 fully saturated rings. The van der Waals surface area contributed by atoms with E-state index in [9.17, 15) is 14.7 Å². The fraction of sp³-hybridized carbons (Fsp3) is 0.312. The van der Waals surface area contributed by atoms with Gasteiger partial charge in [0.2, 0.25) is 5.91 Å². The molecule has 0 radical (unpaired) electrons. The first-order valence-electron chi connectivity index (χ1n) is 7.22. The second-order valence-electron chi connectivity index (χ2n) is 5.74. The molecule has 1 atom stereocenters. The summed E-state index contributed by atoms with van der Waals surface area (Å²) < 4.78 is 1.31. The zero-order valence-corrected chi connectivity index (χ0v) is 15.1. The summed E-state index contributed by atoms with van der Waals surface area (Å²) in [5.74, 6) is -1.20. The van der Waals surface area contributed by atoms with Gasteiger partial charge >= 0.3 is 5.97 Å². The number of thioether (sulfide) groups is 1. The number of halogens is 1. The van der Waals surface area contributed by atoms with Gasteiger partial charge in [0, 0.05) is 16.1 Å². The molecular weight excluding hydrogens is 350 g/mol. The van der Waals surface area contributed by atoms with E-state index in [1.165, 1.54) is 42.7 Å². The third-order valence-electron chi connectivity index (χ3n) is 3.44. The Morgan fingerprint density at radius 1 is 1.33 bits per heavy atom. The molecule has 2 rings (SSSR count). The van der Waals surface area contributed by atoms with E-state index in [1.54, 1.807) is 19.1 Å². The van der Waals surface area contributed by atoms with Crippen molar-refractivity contribution in [2.24, 2.45) is 0 Å². The Kier molecular flexibility index (Phi) is 5.56. The van der Waals surface area contributed by atoms with Gasteiger partial charge in [0.1, 0.15) is 0 Å². The van der Waals surface area contributed by atoms with Gasteiger partial charge in [-0.1, -0.05) is 11.6 Å². The summed E-state index contributed by atoms with van der Waals surface area (Å²) in [4.78, 5) is 24.4. The minimum absolute atomic E-state index is 0.192. The number of carbonyl (C=O) groups excluding carboxylic acids is 1. The van der Waals surface area contributed by atoms with Crippen LogP contribution in [-0.4, -0.2) is 32.0 Å². The molecule has 1 aromatic heterocycles. The van der Waals surface area contributed by atoms with Crippen LogP contribution in [0.25, 0.3) is 0 Å². The van der Waals surface area contributed by atoms with E-state index in [1.807, 2.05) is 12.1 Å². The maximum atomic E-state index is 12.3. The van der Waals surface area contributed by atoms with Crippen molar-refractivity contribution < 1.29 is 14.7 Å². The fourth-order valence-electron chi connectivity index (χ4n) is 1.81. The number of benzene rings is 1. The highest BCUT2D eigenvalue weighted by Crippen LogP contribution is 2.26. The highest BCUT2D eigenvalue weighted by molar-refractivity contribution is 8.00. The summed E-state index contributed by atoms with van der Waals surface area (Å²) in [5, 5.41) is 16.3. The van der Waals surface area contributed by atoms with Crippen LogP contribution in [0.2, 0.25) is 5.02 Å². The predicted molar refractivity (Wildman–Crippen MR) is 94.6 cm³/mol. The van der Waals surface area contributed by atoms with Gasteiger partial charge in [-0.2, -0.15) is 5.10 Å². The van der Waals surface area contributed by atoms with Crippen molar-refractivity contribution in [2.45, 2.75) is 36.5 Å². The van der Waals surface area contributed by atoms with Crippen molar-refractivity contribution in [3.8, 4) is 0 Å². The molecule has 2 aromatic rings. The van der Waals surface area contributed by atoms with Gasteiger partial charge in [0.15, 0.2) is 5.54 Å². The standard InChI is InChI=1S/C16H18ClN3O3S/c1-10(24-13-6-4-11(17)5-7-13)14(21)19-12-8-18-20(9-12)16(2,3)15(22)23/h4-10H,1-3H3,(H,19,21)(H,22,23). The molecule has 1 aromatic carbocycles. The molecule has 0 bridgehead atoms. The molecular formula is C16H18ClN3O3S. The average molecular weight is 368 g/mol. The number of aliphatic carboxylic acids is 1. The average Bonchev–Trinajstić information content (AvgIpc) is 2.98. The molecule has 0 saturated heterocycles. The summed E-state index contributed by atoms with van der Waals surface area (Å²) in [6.07, 6.45) is 2.94. The molecule has 8 heteroatoms. The quantitative estimate of drug-likeness (QED) is 0.763. The van der Waals surface area contributed by atoms with E-state index in [2.05, 4.69) is 10.4 Å². The molecule has 24 heavy (non-hydrogen) atoms. The van der Waals surface area contributed by atoms with Crippen molar-refractivity contribution >= 4 is 40.9 Å². The highest BCUT2D eigenvalue weighted by atomic mass is 35.5. The molecule has 0 saturated carbocycles. The summed E-state index contributed by atoms with van der Waals surface area (Å²) in [6.45, 7) is 4.86. The lowest BCUT2D eigenvalue weighted by molar-refractivity contribution is -0.146. The van der Waals surface area contributed by atoms with Crippen LogP contribution in [0.5, 0.6) is 0 Å². The molecule has 0 aliphatic carbocycles. The fourth-order valence-corrected chi connectivity index (χ4v) is 2.80. The summed E-state index contributed by atoms with van der Waals surface area (Å²) in [5.41, 5.74) is -0.731. The van der Waals surface area contributed by atoms with Crippen LogP contribution in [-0.2, 0) is 15.1 Å². The van der Waals surface area contributed by atoms with E-state index in [0.717, 1.165) is 4.90 Å². The number of nitrogens with one attached hydrogen (secondary N) is 1. The van der Waals surface area contributed by atoms with Crippen LogP contribution in [0, 0.1) is 0 Å². The van der Waals surface area contributed by atoms with E-state index < -0.39 is 11.5 Å². The molecule has 1 amide bonds. The third-order valence-corrected chi connectivity index (χ3v) is 4.81. The molecule has 128 valence electrons. The number of amides is 1. The second-order valence-corrected chi connectivity index (χ2v) is 7.59. The highest BCUT2D eigenvalue weighted by Gasteiger charge is 2.30. The number of rotatable bonds is 6. The van der Waals surface area contributed by atoms with Crippen LogP contribution >= 0.6 is 23.4 Å². The maximum Gasteiger partial charge on any atom is 0.331 e. The van der Waals surface area contributed by atoms with Gasteiger partial charge in [0.25, 0.3) is 0 Å². The number of nitrogens with zero attached hydrogens (tertiary/aromatic N) is 2. The smallest absolute Gasteiger partial charge is 0.331 e. The van der Waals surface area contributed by atoms with Crippen molar-refractivity contribution in [2.75, 3.05) is 5.32 Å². The second kappa shape index (κ2) is 7.27. The molecule has 1 heterocycles. The SMILES string of the molecule is CC(Sc1ccc(Cl)cc1)C(=O)Nc1cnn(C(C)(C)C(=O)O)c1. The van der Waals surface area contributed by atoms with Gasteiger partial charge in [-0.25, -0.2) is 4.79 Å². The zero-order chi connectivity index (χ0) is 17.9. The Balaban J connectivity index is 2.00. The van der Waals surface area contributed by atoms with Gasteiger partial charge < -0.3 is 10.4 Å². The van der Waals surface area contributed by atoms with Crippen LogP contribution < -0.4 is 5.32 Å². The van der Waals surface area contributed by atoms with Crippen LogP contribution in [0.15, 0.2) is 41.6 Å². The minimum Gasteiger partial charge on any atom is -0.479 e. The van der Waals surface area contributed by atoms with Gasteiger partial charge in [0.05, 0.1) is 17.1 Å². The van der Waals surface area contributed by atoms with E-state index in [0.29, 0.717) is 10.7 Å². The Bertz CT molecular complexity index is 743. The van der Waals surface area contributed by atoms with Crippen molar-refractivity contribution in [1.82, 2.24) is 9.78 Å². The number of hydrogen-bond acceptors (Lipinski definition) is 4. The zero-order valence-electron chi connectivity index (χ0n) is 13.5. The normalized spacial score (nSPS) is 12.7. The summed E-state index contributed by atoms with van der Waals surface area (Å²) in [6, 6.07) is 7.24. The Hall–Kier alpha value is -1.99. The van der Waals surface area contributed by atoms with E-state index in [-0.39, 0.29) is 11.2 Å². The first-order valence-corrected chi connectivity index (χ1v) is 8.47. The molecule has 1 unspecified atom stereocenters. The molecule has 0 aliphatic rings. The number of hydrogen-bond donors (Lipinski definition) is 2. The van der Waals surface area contributed by atoms with Crippen molar-refractivity contribution in [1.29, 1.82) is 0 Å². The number of carboxylic acid groups (broad SMARTS) is 1. The lowest BCUT2D eigenvalue weighted by Gasteiger charge is -2.19. The lowest BCUT2D eigenvalue weighted by atomic mass is 10.1. The summed E-state index contributed by atoms with van der Waals surface area (Å²) >= 11 is 7.24. The first kappa shape index (κ1) is 18.4. The monoisotopic (exact) mass is 367 g/mol. The number of carboxylic acids is 1. The Morgan fingerprint density at radius 2 is 1.96 bits per heavy atom. The van der Waals surface area contributed by atoms with Crippen LogP contribution in [0.3, 0.4) is 0 Å². The Morgan fingerprint density at radius 3 is 2.54 bits per heavy atom. The minimum atomic E-state index is -1.19.